The predicted octanol–water partition coefficient (Wildman–Crippen LogP) is 8.64. The number of anilines is 2. The van der Waals surface area contributed by atoms with Crippen molar-refractivity contribution in [2.24, 2.45) is 0 Å². The van der Waals surface area contributed by atoms with E-state index in [2.05, 4.69) is 40.9 Å². The summed E-state index contributed by atoms with van der Waals surface area (Å²) in [5.74, 6) is -0.803. The smallest absolute Gasteiger partial charge is 0.270 e. The van der Waals surface area contributed by atoms with E-state index in [9.17, 15) is 43.4 Å². The highest BCUT2D eigenvalue weighted by Crippen LogP contribution is 2.35. The van der Waals surface area contributed by atoms with Gasteiger partial charge in [-0.05, 0) is 74.5 Å². The summed E-state index contributed by atoms with van der Waals surface area (Å²) in [4.78, 5) is 74.6. The molecule has 0 radical (unpaired) electrons. The molecular weight excluding hydrogens is 893 g/mol. The number of carbonyl (C=O) groups is 3. The highest BCUT2D eigenvalue weighted by atomic mass is 32.1. The first-order valence-corrected chi connectivity index (χ1v) is 20.1. The van der Waals surface area contributed by atoms with Gasteiger partial charge in [0.1, 0.15) is 21.4 Å². The fraction of sp³-hybridized carbons (Fsp3) is 0.0976. The van der Waals surface area contributed by atoms with Crippen LogP contribution < -0.4 is 10.6 Å². The van der Waals surface area contributed by atoms with E-state index in [1.807, 2.05) is 0 Å². The molecule has 0 spiro atoms. The summed E-state index contributed by atoms with van der Waals surface area (Å²) in [5.41, 5.74) is 2.20. The van der Waals surface area contributed by atoms with Crippen LogP contribution in [0.3, 0.4) is 0 Å². The Morgan fingerprint density at radius 2 is 1.02 bits per heavy atom. The molecule has 0 atom stereocenters. The lowest BCUT2D eigenvalue weighted by Gasteiger charge is -2.01. The summed E-state index contributed by atoms with van der Waals surface area (Å²) in [5, 5.41) is 35.3. The van der Waals surface area contributed by atoms with Crippen molar-refractivity contribution in [2.75, 3.05) is 24.7 Å². The molecular formula is C41H31F2N11O9S2. The molecule has 65 heavy (non-hydrogen) atoms. The van der Waals surface area contributed by atoms with E-state index in [0.717, 1.165) is 29.1 Å². The number of aromatic nitrogens is 6. The molecule has 8 rings (SSSR count). The quantitative estimate of drug-likeness (QED) is 0.0698. The number of hydrogen-bond donors (Lipinski definition) is 2. The minimum Gasteiger partial charge on any atom is -0.351 e. The summed E-state index contributed by atoms with van der Waals surface area (Å²) in [6.45, 7) is 3.44. The number of nitrogens with one attached hydrogen (secondary N) is 2. The molecule has 2 N–H and O–H groups in total. The van der Waals surface area contributed by atoms with E-state index in [1.54, 1.807) is 27.9 Å². The van der Waals surface area contributed by atoms with Gasteiger partial charge in [-0.3, -0.25) is 45.2 Å². The number of benzene rings is 4. The highest BCUT2D eigenvalue weighted by molar-refractivity contribution is 7.19. The first-order chi connectivity index (χ1) is 31.1. The summed E-state index contributed by atoms with van der Waals surface area (Å²) < 4.78 is 36.7. The third kappa shape index (κ3) is 11.9. The number of thiazole rings is 2. The highest BCUT2D eigenvalue weighted by Gasteiger charge is 2.21. The van der Waals surface area contributed by atoms with Gasteiger partial charge in [0.05, 0.1) is 21.2 Å². The standard InChI is InChI=1S/2C19H12FN5O4S.C3H7NO/c2*1-10-15(18-22-16(24-29-18)11-5-7-13(20)8-6-11)30-19(21-10)23-17(26)12-3-2-4-14(9-12)25(27)28;1-4(2)3-5/h2*2-9H,1H3,(H,21,23,26);3H,1-2H3. The normalized spacial score (nSPS) is 10.4. The zero-order valence-corrected chi connectivity index (χ0v) is 35.7. The van der Waals surface area contributed by atoms with Crippen LogP contribution in [0.4, 0.5) is 30.4 Å². The number of carbonyl (C=O) groups excluding carboxylic acids is 3. The first-order valence-electron chi connectivity index (χ1n) is 18.5. The van der Waals surface area contributed by atoms with Crippen LogP contribution in [0.2, 0.25) is 0 Å². The lowest BCUT2D eigenvalue weighted by atomic mass is 10.2. The van der Waals surface area contributed by atoms with Crippen molar-refractivity contribution >= 4 is 62.5 Å². The minimum atomic E-state index is -0.573. The van der Waals surface area contributed by atoms with Crippen LogP contribution in [-0.2, 0) is 4.79 Å². The molecule has 0 aliphatic rings. The van der Waals surface area contributed by atoms with Crippen LogP contribution in [0.1, 0.15) is 32.1 Å². The molecule has 0 unspecified atom stereocenters. The maximum Gasteiger partial charge on any atom is 0.270 e. The van der Waals surface area contributed by atoms with Crippen molar-refractivity contribution < 1.29 is 42.1 Å². The SMILES string of the molecule is CN(C)C=O.Cc1nc(NC(=O)c2cccc([N+](=O)[O-])c2)sc1-c1nc(-c2ccc(F)cc2)no1.Cc1nc(NC(=O)c2cccc([N+](=O)[O-])c2)sc1-c1nc(-c2ccc(F)cc2)no1. The Balaban J connectivity index is 0.000000195. The molecule has 0 saturated heterocycles. The van der Waals surface area contributed by atoms with E-state index in [1.165, 1.54) is 102 Å². The number of hydrogen-bond acceptors (Lipinski definition) is 17. The second kappa shape index (κ2) is 20.6. The van der Waals surface area contributed by atoms with Crippen LogP contribution in [0.5, 0.6) is 0 Å². The van der Waals surface area contributed by atoms with Gasteiger partial charge in [-0.1, -0.05) is 45.1 Å². The fourth-order valence-corrected chi connectivity index (χ4v) is 6.99. The van der Waals surface area contributed by atoms with Crippen molar-refractivity contribution in [1.82, 2.24) is 35.1 Å². The van der Waals surface area contributed by atoms with Crippen molar-refractivity contribution in [3.63, 3.8) is 0 Å². The molecule has 0 fully saturated rings. The Labute approximate surface area is 372 Å². The maximum absolute atomic E-state index is 13.1. The van der Waals surface area contributed by atoms with Gasteiger partial charge in [0.2, 0.25) is 18.1 Å². The van der Waals surface area contributed by atoms with Crippen LogP contribution in [0.15, 0.2) is 106 Å². The van der Waals surface area contributed by atoms with Crippen molar-refractivity contribution in [2.45, 2.75) is 13.8 Å². The Morgan fingerprint density at radius 3 is 1.35 bits per heavy atom. The van der Waals surface area contributed by atoms with Gasteiger partial charge in [0.15, 0.2) is 10.3 Å². The number of rotatable bonds is 11. The van der Waals surface area contributed by atoms with E-state index >= 15 is 0 Å². The molecule has 24 heteroatoms. The molecule has 3 amide bonds. The molecule has 330 valence electrons. The number of non-ortho nitro benzene ring substituents is 2. The molecule has 4 aromatic heterocycles. The topological polar surface area (TPSA) is 268 Å². The van der Waals surface area contributed by atoms with Crippen LogP contribution >= 0.6 is 22.7 Å². The van der Waals surface area contributed by atoms with E-state index in [4.69, 9.17) is 9.05 Å². The second-order valence-corrected chi connectivity index (χ2v) is 15.3. The Kier molecular flexibility index (Phi) is 14.6. The third-order valence-corrected chi connectivity index (χ3v) is 10.5. The van der Waals surface area contributed by atoms with Crippen LogP contribution in [0.25, 0.3) is 44.3 Å². The zero-order valence-electron chi connectivity index (χ0n) is 34.1. The number of nitro groups is 2. The number of halogens is 2. The number of nitrogens with zero attached hydrogens (tertiary/aromatic N) is 9. The van der Waals surface area contributed by atoms with Crippen LogP contribution in [-0.4, -0.2) is 77.3 Å². The molecule has 4 aromatic carbocycles. The number of aryl methyl sites for hydroxylation is 2. The molecule has 8 aromatic rings. The fourth-order valence-electron chi connectivity index (χ4n) is 5.22. The second-order valence-electron chi connectivity index (χ2n) is 13.3. The summed E-state index contributed by atoms with van der Waals surface area (Å²) in [7, 11) is 3.38. The van der Waals surface area contributed by atoms with E-state index < -0.39 is 21.7 Å². The van der Waals surface area contributed by atoms with Crippen molar-refractivity contribution in [3.05, 3.63) is 151 Å². The van der Waals surface area contributed by atoms with E-state index in [-0.39, 0.29) is 56.2 Å². The largest absolute Gasteiger partial charge is 0.351 e. The lowest BCUT2D eigenvalue weighted by Crippen LogP contribution is -2.11. The van der Waals surface area contributed by atoms with Crippen molar-refractivity contribution in [3.8, 4) is 44.3 Å². The number of amides is 3. The van der Waals surface area contributed by atoms with Gasteiger partial charge in [-0.15, -0.1) is 0 Å². The minimum absolute atomic E-state index is 0.134. The monoisotopic (exact) mass is 923 g/mol. The van der Waals surface area contributed by atoms with Gasteiger partial charge in [0, 0.05) is 60.6 Å². The molecule has 0 aliphatic carbocycles. The van der Waals surface area contributed by atoms with Gasteiger partial charge < -0.3 is 13.9 Å². The van der Waals surface area contributed by atoms with Crippen molar-refractivity contribution in [1.29, 1.82) is 0 Å². The predicted molar refractivity (Wildman–Crippen MR) is 233 cm³/mol. The lowest BCUT2D eigenvalue weighted by molar-refractivity contribution is -0.385. The van der Waals surface area contributed by atoms with Gasteiger partial charge in [-0.2, -0.15) is 9.97 Å². The first kappa shape index (κ1) is 46.0. The molecule has 20 nitrogen and oxygen atoms in total. The average molecular weight is 924 g/mol. The Morgan fingerprint density at radius 1 is 0.646 bits per heavy atom. The Bertz CT molecular complexity index is 2810. The summed E-state index contributed by atoms with van der Waals surface area (Å²) in [6.07, 6.45) is 0.750. The Hall–Kier alpha value is -8.51. The maximum atomic E-state index is 13.1. The van der Waals surface area contributed by atoms with Gasteiger partial charge in [0.25, 0.3) is 35.0 Å². The van der Waals surface area contributed by atoms with Gasteiger partial charge >= 0.3 is 0 Å². The molecule has 0 aliphatic heterocycles. The van der Waals surface area contributed by atoms with E-state index in [0.29, 0.717) is 43.9 Å². The third-order valence-electron chi connectivity index (χ3n) is 8.33. The zero-order chi connectivity index (χ0) is 46.8. The summed E-state index contributed by atoms with van der Waals surface area (Å²) in [6, 6.07) is 22.1. The average Bonchev–Trinajstić information content (AvgIpc) is 4.12. The van der Waals surface area contributed by atoms with Gasteiger partial charge in [-0.25, -0.2) is 18.7 Å². The molecule has 0 saturated carbocycles. The number of nitro benzene ring substituents is 2. The van der Waals surface area contributed by atoms with Crippen LogP contribution in [0, 0.1) is 45.7 Å². The molecule has 4 heterocycles. The summed E-state index contributed by atoms with van der Waals surface area (Å²) >= 11 is 2.25. The molecule has 0 bridgehead atoms.